The Balaban J connectivity index is 2.64. The maximum Gasteiger partial charge on any atom is 0.303 e. The van der Waals surface area contributed by atoms with Gasteiger partial charge in [0.25, 0.3) is 0 Å². The summed E-state index contributed by atoms with van der Waals surface area (Å²) in [6.07, 6.45) is 2.02. The van der Waals surface area contributed by atoms with E-state index in [0.29, 0.717) is 18.1 Å². The number of rotatable bonds is 6. The molecular formula is C11H17N3O3. The summed E-state index contributed by atoms with van der Waals surface area (Å²) in [6.45, 7) is 3.84. The van der Waals surface area contributed by atoms with Gasteiger partial charge in [0.1, 0.15) is 12.1 Å². The Hall–Kier alpha value is -1.85. The summed E-state index contributed by atoms with van der Waals surface area (Å²) in [7, 11) is 1.53. The highest BCUT2D eigenvalue weighted by Crippen LogP contribution is 2.19. The monoisotopic (exact) mass is 239 g/mol. The number of ether oxygens (including phenoxy) is 1. The summed E-state index contributed by atoms with van der Waals surface area (Å²) in [4.78, 5) is 18.5. The minimum atomic E-state index is -0.805. The number of anilines is 1. The number of aromatic nitrogens is 2. The lowest BCUT2D eigenvalue weighted by molar-refractivity contribution is -0.137. The normalized spacial score (nSPS) is 11.0. The number of nitrogens with zero attached hydrogens (tertiary/aromatic N) is 2. The van der Waals surface area contributed by atoms with Crippen molar-refractivity contribution in [3.63, 3.8) is 0 Å². The first-order valence-corrected chi connectivity index (χ1v) is 5.29. The smallest absolute Gasteiger partial charge is 0.303 e. The van der Waals surface area contributed by atoms with Crippen LogP contribution in [0.2, 0.25) is 0 Å². The van der Waals surface area contributed by atoms with Crippen LogP contribution in [0.25, 0.3) is 0 Å². The van der Waals surface area contributed by atoms with Crippen molar-refractivity contribution in [2.24, 2.45) is 0 Å². The van der Waals surface area contributed by atoms with Crippen molar-refractivity contribution < 1.29 is 14.6 Å². The zero-order chi connectivity index (χ0) is 12.9. The molecule has 0 aromatic carbocycles. The van der Waals surface area contributed by atoms with E-state index in [9.17, 15) is 4.79 Å². The number of carboxylic acids is 1. The Bertz CT molecular complexity index is 393. The van der Waals surface area contributed by atoms with E-state index in [4.69, 9.17) is 9.84 Å². The first-order valence-electron chi connectivity index (χ1n) is 5.29. The molecule has 1 aromatic heterocycles. The fourth-order valence-corrected chi connectivity index (χ4v) is 1.35. The molecule has 0 saturated heterocycles. The summed E-state index contributed by atoms with van der Waals surface area (Å²) in [6, 6.07) is 1.67. The highest BCUT2D eigenvalue weighted by molar-refractivity contribution is 5.66. The van der Waals surface area contributed by atoms with E-state index in [-0.39, 0.29) is 12.0 Å². The van der Waals surface area contributed by atoms with Gasteiger partial charge in [-0.05, 0) is 20.3 Å². The number of carbonyl (C=O) groups is 1. The van der Waals surface area contributed by atoms with E-state index >= 15 is 0 Å². The molecule has 6 heteroatoms. The van der Waals surface area contributed by atoms with E-state index in [1.165, 1.54) is 13.4 Å². The van der Waals surface area contributed by atoms with Gasteiger partial charge >= 0.3 is 5.97 Å². The van der Waals surface area contributed by atoms with Crippen molar-refractivity contribution >= 4 is 11.8 Å². The van der Waals surface area contributed by atoms with Crippen LogP contribution in [0.1, 0.15) is 26.7 Å². The molecule has 0 unspecified atom stereocenters. The molecule has 2 N–H and O–H groups in total. The molecule has 0 spiro atoms. The standard InChI is InChI=1S/C11H17N3O3/c1-11(2,5-4-10(15)16)14-8-6-9(17-3)13-7-12-8/h6-7H,4-5H2,1-3H3,(H,15,16)(H,12,13,14). The SMILES string of the molecule is COc1cc(NC(C)(C)CCC(=O)O)ncn1. The van der Waals surface area contributed by atoms with Crippen molar-refractivity contribution in [3.8, 4) is 5.88 Å². The van der Waals surface area contributed by atoms with E-state index in [1.54, 1.807) is 6.07 Å². The van der Waals surface area contributed by atoms with Gasteiger partial charge < -0.3 is 15.2 Å². The molecule has 0 aliphatic carbocycles. The topological polar surface area (TPSA) is 84.3 Å². The summed E-state index contributed by atoms with van der Waals surface area (Å²) >= 11 is 0. The molecule has 0 fully saturated rings. The Labute approximate surface area is 100 Å². The molecule has 0 bridgehead atoms. The maximum absolute atomic E-state index is 10.5. The Kier molecular flexibility index (Phi) is 4.25. The third-order valence-electron chi connectivity index (χ3n) is 2.28. The van der Waals surface area contributed by atoms with Crippen molar-refractivity contribution in [3.05, 3.63) is 12.4 Å². The second-order valence-electron chi connectivity index (χ2n) is 4.35. The van der Waals surface area contributed by atoms with Crippen LogP contribution in [0, 0.1) is 0 Å². The zero-order valence-corrected chi connectivity index (χ0v) is 10.2. The molecule has 17 heavy (non-hydrogen) atoms. The molecule has 0 aliphatic heterocycles. The maximum atomic E-state index is 10.5. The predicted octanol–water partition coefficient (Wildman–Crippen LogP) is 1.54. The lowest BCUT2D eigenvalue weighted by atomic mass is 9.98. The van der Waals surface area contributed by atoms with Gasteiger partial charge in [-0.15, -0.1) is 0 Å². The predicted molar refractivity (Wildman–Crippen MR) is 63.2 cm³/mol. The number of aliphatic carboxylic acids is 1. The van der Waals surface area contributed by atoms with Crippen LogP contribution in [-0.4, -0.2) is 33.7 Å². The molecule has 6 nitrogen and oxygen atoms in total. The van der Waals surface area contributed by atoms with E-state index in [2.05, 4.69) is 15.3 Å². The van der Waals surface area contributed by atoms with Gasteiger partial charge in [-0.2, -0.15) is 0 Å². The highest BCUT2D eigenvalue weighted by atomic mass is 16.5. The zero-order valence-electron chi connectivity index (χ0n) is 10.2. The molecule has 0 radical (unpaired) electrons. The first kappa shape index (κ1) is 13.2. The molecule has 0 aliphatic rings. The largest absolute Gasteiger partial charge is 0.481 e. The van der Waals surface area contributed by atoms with Gasteiger partial charge in [0.2, 0.25) is 5.88 Å². The van der Waals surface area contributed by atoms with Crippen LogP contribution in [-0.2, 0) is 4.79 Å². The average molecular weight is 239 g/mol. The fourth-order valence-electron chi connectivity index (χ4n) is 1.35. The van der Waals surface area contributed by atoms with Gasteiger partial charge in [0.05, 0.1) is 7.11 Å². The van der Waals surface area contributed by atoms with Gasteiger partial charge in [0, 0.05) is 18.0 Å². The van der Waals surface area contributed by atoms with E-state index < -0.39 is 5.97 Å². The molecule has 1 aromatic rings. The van der Waals surface area contributed by atoms with Crippen molar-refractivity contribution in [2.75, 3.05) is 12.4 Å². The van der Waals surface area contributed by atoms with Gasteiger partial charge in [-0.25, -0.2) is 9.97 Å². The lowest BCUT2D eigenvalue weighted by Crippen LogP contribution is -2.32. The Morgan fingerprint density at radius 3 is 2.82 bits per heavy atom. The summed E-state index contributed by atoms with van der Waals surface area (Å²) in [5.41, 5.74) is -0.349. The highest BCUT2D eigenvalue weighted by Gasteiger charge is 2.19. The third-order valence-corrected chi connectivity index (χ3v) is 2.28. The number of hydrogen-bond acceptors (Lipinski definition) is 5. The Morgan fingerprint density at radius 1 is 1.53 bits per heavy atom. The van der Waals surface area contributed by atoms with Gasteiger partial charge in [-0.1, -0.05) is 0 Å². The molecule has 0 saturated carbocycles. The summed E-state index contributed by atoms with van der Waals surface area (Å²) < 4.78 is 4.98. The van der Waals surface area contributed by atoms with Crippen molar-refractivity contribution in [2.45, 2.75) is 32.2 Å². The minimum Gasteiger partial charge on any atom is -0.481 e. The first-order chi connectivity index (χ1) is 7.93. The van der Waals surface area contributed by atoms with Crippen molar-refractivity contribution in [1.82, 2.24) is 9.97 Å². The van der Waals surface area contributed by atoms with Gasteiger partial charge in [0.15, 0.2) is 0 Å². The van der Waals surface area contributed by atoms with Crippen LogP contribution in [0.5, 0.6) is 5.88 Å². The molecule has 94 valence electrons. The van der Waals surface area contributed by atoms with E-state index in [0.717, 1.165) is 0 Å². The number of methoxy groups -OCH3 is 1. The van der Waals surface area contributed by atoms with Crippen LogP contribution in [0.3, 0.4) is 0 Å². The minimum absolute atomic E-state index is 0.113. The number of hydrogen-bond donors (Lipinski definition) is 2. The second-order valence-corrected chi connectivity index (χ2v) is 4.35. The molecule has 1 heterocycles. The summed E-state index contributed by atoms with van der Waals surface area (Å²) in [5, 5.41) is 11.8. The number of nitrogens with one attached hydrogen (secondary N) is 1. The third kappa shape index (κ3) is 4.67. The van der Waals surface area contributed by atoms with Crippen LogP contribution >= 0.6 is 0 Å². The van der Waals surface area contributed by atoms with Crippen molar-refractivity contribution in [1.29, 1.82) is 0 Å². The average Bonchev–Trinajstić information content (AvgIpc) is 2.26. The molecule has 0 amide bonds. The molecular weight excluding hydrogens is 222 g/mol. The lowest BCUT2D eigenvalue weighted by Gasteiger charge is -2.26. The summed E-state index contributed by atoms with van der Waals surface area (Å²) in [5.74, 6) is 0.281. The quantitative estimate of drug-likeness (QED) is 0.783. The Morgan fingerprint density at radius 2 is 2.24 bits per heavy atom. The molecule has 1 rings (SSSR count). The molecule has 0 atom stereocenters. The van der Waals surface area contributed by atoms with Crippen LogP contribution < -0.4 is 10.1 Å². The van der Waals surface area contributed by atoms with Crippen LogP contribution in [0.4, 0.5) is 5.82 Å². The fraction of sp³-hybridized carbons (Fsp3) is 0.545. The van der Waals surface area contributed by atoms with Crippen LogP contribution in [0.15, 0.2) is 12.4 Å². The number of carboxylic acid groups (broad SMARTS) is 1. The van der Waals surface area contributed by atoms with Gasteiger partial charge in [-0.3, -0.25) is 4.79 Å². The van der Waals surface area contributed by atoms with E-state index in [1.807, 2.05) is 13.8 Å². The second kappa shape index (κ2) is 5.47.